The quantitative estimate of drug-likeness (QED) is 0.304. The fourth-order valence-corrected chi connectivity index (χ4v) is 3.42. The van der Waals surface area contributed by atoms with Crippen molar-refractivity contribution in [3.8, 4) is 0 Å². The van der Waals surface area contributed by atoms with Crippen molar-refractivity contribution in [2.24, 2.45) is 11.7 Å². The van der Waals surface area contributed by atoms with Crippen molar-refractivity contribution < 1.29 is 14.3 Å². The van der Waals surface area contributed by atoms with E-state index in [1.54, 1.807) is 31.2 Å². The van der Waals surface area contributed by atoms with Crippen LogP contribution in [0.3, 0.4) is 0 Å². The molecule has 1 aromatic heterocycles. The van der Waals surface area contributed by atoms with Crippen molar-refractivity contribution >= 4 is 34.9 Å². The van der Waals surface area contributed by atoms with E-state index in [1.807, 2.05) is 44.2 Å². The summed E-state index contributed by atoms with van der Waals surface area (Å²) in [6, 6.07) is 15.9. The lowest BCUT2D eigenvalue weighted by Gasteiger charge is -2.14. The van der Waals surface area contributed by atoms with Crippen LogP contribution in [0.2, 0.25) is 0 Å². The van der Waals surface area contributed by atoms with Gasteiger partial charge < -0.3 is 26.4 Å². The number of rotatable bonds is 11. The van der Waals surface area contributed by atoms with Gasteiger partial charge >= 0.3 is 5.97 Å². The minimum absolute atomic E-state index is 0.157. The fraction of sp³-hybridized carbons (Fsp3) is 0.308. The SMILES string of the molecule is CCOC(=O)c1cccc(Nc2cc(Nc3cccc(CNC(=O)C(N)CC(C)C)c3)ncn2)c1. The average Bonchev–Trinajstić information content (AvgIpc) is 2.83. The molecule has 0 aliphatic heterocycles. The maximum Gasteiger partial charge on any atom is 0.338 e. The molecule has 0 radical (unpaired) electrons. The van der Waals surface area contributed by atoms with Gasteiger partial charge in [-0.05, 0) is 55.2 Å². The van der Waals surface area contributed by atoms with Crippen molar-refractivity contribution in [3.05, 3.63) is 72.1 Å². The summed E-state index contributed by atoms with van der Waals surface area (Å²) in [4.78, 5) is 32.7. The lowest BCUT2D eigenvalue weighted by Crippen LogP contribution is -2.41. The Bertz CT molecular complexity index is 1150. The predicted molar refractivity (Wildman–Crippen MR) is 137 cm³/mol. The normalized spacial score (nSPS) is 11.6. The van der Waals surface area contributed by atoms with Crippen LogP contribution in [0.1, 0.15) is 43.1 Å². The number of amides is 1. The molecule has 1 heterocycles. The Labute approximate surface area is 205 Å². The van der Waals surface area contributed by atoms with Gasteiger partial charge in [-0.25, -0.2) is 14.8 Å². The van der Waals surface area contributed by atoms with Gasteiger partial charge in [-0.3, -0.25) is 4.79 Å². The minimum Gasteiger partial charge on any atom is -0.462 e. The summed E-state index contributed by atoms with van der Waals surface area (Å²) in [7, 11) is 0. The fourth-order valence-electron chi connectivity index (χ4n) is 3.42. The maximum absolute atomic E-state index is 12.2. The third kappa shape index (κ3) is 8.08. The highest BCUT2D eigenvalue weighted by atomic mass is 16.5. The van der Waals surface area contributed by atoms with Crippen molar-refractivity contribution in [2.45, 2.75) is 39.8 Å². The zero-order chi connectivity index (χ0) is 25.2. The molecule has 9 heteroatoms. The summed E-state index contributed by atoms with van der Waals surface area (Å²) >= 11 is 0. The van der Waals surface area contributed by atoms with Crippen LogP contribution < -0.4 is 21.7 Å². The van der Waals surface area contributed by atoms with Crippen LogP contribution in [0.4, 0.5) is 23.0 Å². The predicted octanol–water partition coefficient (Wildman–Crippen LogP) is 4.13. The second kappa shape index (κ2) is 12.5. The molecule has 1 atom stereocenters. The number of anilines is 4. The molecule has 9 nitrogen and oxygen atoms in total. The van der Waals surface area contributed by atoms with Gasteiger partial charge in [0.15, 0.2) is 0 Å². The number of nitrogens with zero attached hydrogens (tertiary/aromatic N) is 2. The summed E-state index contributed by atoms with van der Waals surface area (Å²) < 4.78 is 5.05. The number of hydrogen-bond acceptors (Lipinski definition) is 8. The molecule has 0 fully saturated rings. The van der Waals surface area contributed by atoms with E-state index < -0.39 is 6.04 Å². The second-order valence-electron chi connectivity index (χ2n) is 8.49. The van der Waals surface area contributed by atoms with Crippen molar-refractivity contribution in [3.63, 3.8) is 0 Å². The molecule has 35 heavy (non-hydrogen) atoms. The van der Waals surface area contributed by atoms with Crippen molar-refractivity contribution in [1.29, 1.82) is 0 Å². The molecule has 184 valence electrons. The van der Waals surface area contributed by atoms with E-state index in [0.29, 0.717) is 48.4 Å². The van der Waals surface area contributed by atoms with Crippen LogP contribution in [0.25, 0.3) is 0 Å². The Morgan fingerprint density at radius 2 is 1.63 bits per heavy atom. The topological polar surface area (TPSA) is 131 Å². The Balaban J connectivity index is 1.62. The highest BCUT2D eigenvalue weighted by Gasteiger charge is 2.14. The number of nitrogens with two attached hydrogens (primary N) is 1. The molecule has 0 aliphatic rings. The molecule has 0 saturated carbocycles. The number of esters is 1. The molecule has 0 saturated heterocycles. The first-order valence-corrected chi connectivity index (χ1v) is 11.6. The number of benzene rings is 2. The summed E-state index contributed by atoms with van der Waals surface area (Å²) in [5, 5.41) is 9.32. The molecule has 3 aromatic rings. The number of carbonyl (C=O) groups excluding carboxylic acids is 2. The molecular weight excluding hydrogens is 444 g/mol. The zero-order valence-electron chi connectivity index (χ0n) is 20.2. The highest BCUT2D eigenvalue weighted by molar-refractivity contribution is 5.90. The third-order valence-electron chi connectivity index (χ3n) is 5.04. The molecule has 1 amide bonds. The smallest absolute Gasteiger partial charge is 0.338 e. The molecule has 3 rings (SSSR count). The molecule has 1 unspecified atom stereocenters. The molecular formula is C26H32N6O3. The summed E-state index contributed by atoms with van der Waals surface area (Å²) in [5.74, 6) is 0.974. The largest absolute Gasteiger partial charge is 0.462 e. The van der Waals surface area contributed by atoms with E-state index in [4.69, 9.17) is 10.5 Å². The molecule has 0 aliphatic carbocycles. The van der Waals surface area contributed by atoms with Crippen LogP contribution in [-0.2, 0) is 16.1 Å². The van der Waals surface area contributed by atoms with E-state index >= 15 is 0 Å². The Morgan fingerprint density at radius 3 is 2.29 bits per heavy atom. The van der Waals surface area contributed by atoms with Gasteiger partial charge in [-0.1, -0.05) is 32.0 Å². The van der Waals surface area contributed by atoms with Crippen LogP contribution >= 0.6 is 0 Å². The number of ether oxygens (including phenoxy) is 1. The van der Waals surface area contributed by atoms with Gasteiger partial charge in [-0.15, -0.1) is 0 Å². The van der Waals surface area contributed by atoms with Gasteiger partial charge in [0.1, 0.15) is 18.0 Å². The van der Waals surface area contributed by atoms with Crippen LogP contribution in [0.5, 0.6) is 0 Å². The Morgan fingerprint density at radius 1 is 0.971 bits per heavy atom. The number of carbonyl (C=O) groups is 2. The Hall–Kier alpha value is -3.98. The van der Waals surface area contributed by atoms with Crippen LogP contribution in [0, 0.1) is 5.92 Å². The molecule has 5 N–H and O–H groups in total. The van der Waals surface area contributed by atoms with Gasteiger partial charge in [0, 0.05) is 24.0 Å². The van der Waals surface area contributed by atoms with E-state index in [1.165, 1.54) is 6.33 Å². The Kier molecular flexibility index (Phi) is 9.14. The lowest BCUT2D eigenvalue weighted by molar-refractivity contribution is -0.122. The first kappa shape index (κ1) is 25.6. The van der Waals surface area contributed by atoms with Crippen LogP contribution in [-0.4, -0.2) is 34.5 Å². The van der Waals surface area contributed by atoms with E-state index in [2.05, 4.69) is 25.9 Å². The molecule has 0 spiro atoms. The monoisotopic (exact) mass is 476 g/mol. The minimum atomic E-state index is -0.513. The number of hydrogen-bond donors (Lipinski definition) is 4. The van der Waals surface area contributed by atoms with E-state index in [-0.39, 0.29) is 11.9 Å². The summed E-state index contributed by atoms with van der Waals surface area (Å²) in [5.41, 5.74) is 8.86. The van der Waals surface area contributed by atoms with Crippen molar-refractivity contribution in [1.82, 2.24) is 15.3 Å². The zero-order valence-corrected chi connectivity index (χ0v) is 20.2. The average molecular weight is 477 g/mol. The van der Waals surface area contributed by atoms with E-state index in [9.17, 15) is 9.59 Å². The standard InChI is InChI=1S/C26H32N6O3/c1-4-35-26(34)19-8-6-10-21(13-19)32-24-14-23(29-16-30-24)31-20-9-5-7-18(12-20)15-28-25(33)22(27)11-17(2)3/h5-10,12-14,16-17,22H,4,11,15,27H2,1-3H3,(H,28,33)(H2,29,30,31,32). The van der Waals surface area contributed by atoms with Gasteiger partial charge in [0.05, 0.1) is 18.2 Å². The molecule has 2 aromatic carbocycles. The van der Waals surface area contributed by atoms with Gasteiger partial charge in [-0.2, -0.15) is 0 Å². The third-order valence-corrected chi connectivity index (χ3v) is 5.04. The number of aromatic nitrogens is 2. The van der Waals surface area contributed by atoms with E-state index in [0.717, 1.165) is 11.3 Å². The van der Waals surface area contributed by atoms with Crippen LogP contribution in [0.15, 0.2) is 60.9 Å². The van der Waals surface area contributed by atoms with Gasteiger partial charge in [0.25, 0.3) is 0 Å². The summed E-state index contributed by atoms with van der Waals surface area (Å²) in [6.07, 6.45) is 2.09. The first-order valence-electron chi connectivity index (χ1n) is 11.6. The van der Waals surface area contributed by atoms with Gasteiger partial charge in [0.2, 0.25) is 5.91 Å². The maximum atomic E-state index is 12.2. The first-order chi connectivity index (χ1) is 16.8. The lowest BCUT2D eigenvalue weighted by atomic mass is 10.0. The van der Waals surface area contributed by atoms with Crippen molar-refractivity contribution in [2.75, 3.05) is 17.2 Å². The second-order valence-corrected chi connectivity index (χ2v) is 8.49. The highest BCUT2D eigenvalue weighted by Crippen LogP contribution is 2.21. The summed E-state index contributed by atoms with van der Waals surface area (Å²) in [6.45, 7) is 6.54. The number of nitrogens with one attached hydrogen (secondary N) is 3. The molecule has 0 bridgehead atoms.